The predicted molar refractivity (Wildman–Crippen MR) is 75.0 cm³/mol. The van der Waals surface area contributed by atoms with Crippen LogP contribution in [0.5, 0.6) is 5.75 Å². The van der Waals surface area contributed by atoms with Crippen LogP contribution in [0.3, 0.4) is 0 Å². The molecule has 1 unspecified atom stereocenters. The lowest BCUT2D eigenvalue weighted by atomic mass is 9.98. The van der Waals surface area contributed by atoms with E-state index in [1.807, 2.05) is 6.07 Å². The summed E-state index contributed by atoms with van der Waals surface area (Å²) in [5, 5.41) is 0.561. The van der Waals surface area contributed by atoms with E-state index in [2.05, 4.69) is 0 Å². The standard InChI is InChI=1S/C15H14ClF2NO/c1-20-11-7-12(17)15(13(18)8-11)14(19)6-9-3-2-4-10(16)5-9/h2-5,7-8,14H,6,19H2,1H3. The van der Waals surface area contributed by atoms with Gasteiger partial charge in [0.25, 0.3) is 0 Å². The molecule has 0 amide bonds. The lowest BCUT2D eigenvalue weighted by Crippen LogP contribution is -2.17. The molecule has 0 spiro atoms. The van der Waals surface area contributed by atoms with Crippen molar-refractivity contribution in [2.45, 2.75) is 12.5 Å². The zero-order valence-corrected chi connectivity index (χ0v) is 11.6. The molecule has 0 radical (unpaired) electrons. The van der Waals surface area contributed by atoms with Crippen molar-refractivity contribution in [1.82, 2.24) is 0 Å². The van der Waals surface area contributed by atoms with E-state index >= 15 is 0 Å². The van der Waals surface area contributed by atoms with Gasteiger partial charge in [-0.05, 0) is 24.1 Å². The molecule has 0 heterocycles. The maximum Gasteiger partial charge on any atom is 0.134 e. The van der Waals surface area contributed by atoms with Crippen molar-refractivity contribution < 1.29 is 13.5 Å². The molecule has 0 aliphatic rings. The summed E-state index contributed by atoms with van der Waals surface area (Å²) in [6.07, 6.45) is 0.292. The third-order valence-corrected chi connectivity index (χ3v) is 3.24. The number of hydrogen-bond donors (Lipinski definition) is 1. The Hall–Kier alpha value is -1.65. The van der Waals surface area contributed by atoms with Crippen LogP contribution in [0.2, 0.25) is 5.02 Å². The van der Waals surface area contributed by atoms with Crippen LogP contribution in [-0.4, -0.2) is 7.11 Å². The largest absolute Gasteiger partial charge is 0.497 e. The fraction of sp³-hybridized carbons (Fsp3) is 0.200. The van der Waals surface area contributed by atoms with Crippen molar-refractivity contribution in [2.24, 2.45) is 5.73 Å². The molecule has 2 aromatic carbocycles. The minimum atomic E-state index is -0.792. The summed E-state index contributed by atoms with van der Waals surface area (Å²) < 4.78 is 32.6. The molecule has 2 N–H and O–H groups in total. The summed E-state index contributed by atoms with van der Waals surface area (Å²) in [6.45, 7) is 0. The first-order chi connectivity index (χ1) is 9.51. The second-order valence-corrected chi connectivity index (χ2v) is 4.88. The van der Waals surface area contributed by atoms with Gasteiger partial charge in [0, 0.05) is 28.8 Å². The summed E-state index contributed by atoms with van der Waals surface area (Å²) in [4.78, 5) is 0. The van der Waals surface area contributed by atoms with E-state index in [0.717, 1.165) is 17.7 Å². The van der Waals surface area contributed by atoms with Gasteiger partial charge in [0.2, 0.25) is 0 Å². The maximum atomic E-state index is 13.9. The highest BCUT2D eigenvalue weighted by atomic mass is 35.5. The average molecular weight is 298 g/mol. The van der Waals surface area contributed by atoms with Gasteiger partial charge in [0.1, 0.15) is 17.4 Å². The first kappa shape index (κ1) is 14.8. The lowest BCUT2D eigenvalue weighted by Gasteiger charge is -2.15. The van der Waals surface area contributed by atoms with E-state index in [0.29, 0.717) is 11.4 Å². The van der Waals surface area contributed by atoms with Gasteiger partial charge in [0.05, 0.1) is 7.11 Å². The fourth-order valence-corrected chi connectivity index (χ4v) is 2.27. The molecule has 2 nitrogen and oxygen atoms in total. The quantitative estimate of drug-likeness (QED) is 0.930. The number of rotatable bonds is 4. The second-order valence-electron chi connectivity index (χ2n) is 4.45. The van der Waals surface area contributed by atoms with Gasteiger partial charge in [-0.25, -0.2) is 8.78 Å². The van der Waals surface area contributed by atoms with Crippen molar-refractivity contribution in [2.75, 3.05) is 7.11 Å². The maximum absolute atomic E-state index is 13.9. The minimum Gasteiger partial charge on any atom is -0.497 e. The van der Waals surface area contributed by atoms with Gasteiger partial charge in [-0.15, -0.1) is 0 Å². The third-order valence-electron chi connectivity index (χ3n) is 3.00. The van der Waals surface area contributed by atoms with E-state index in [9.17, 15) is 8.78 Å². The summed E-state index contributed by atoms with van der Waals surface area (Å²) in [5.74, 6) is -1.30. The highest BCUT2D eigenvalue weighted by Gasteiger charge is 2.19. The third kappa shape index (κ3) is 3.26. The van der Waals surface area contributed by atoms with Crippen molar-refractivity contribution in [1.29, 1.82) is 0 Å². The van der Waals surface area contributed by atoms with Crippen LogP contribution in [0.25, 0.3) is 0 Å². The molecule has 2 aromatic rings. The van der Waals surface area contributed by atoms with E-state index < -0.39 is 17.7 Å². The molecule has 0 aliphatic heterocycles. The van der Waals surface area contributed by atoms with Crippen molar-refractivity contribution >= 4 is 11.6 Å². The van der Waals surface area contributed by atoms with Gasteiger partial charge in [-0.1, -0.05) is 23.7 Å². The average Bonchev–Trinajstić information content (AvgIpc) is 2.37. The Bertz CT molecular complexity index is 596. The number of benzene rings is 2. The normalized spacial score (nSPS) is 12.2. The molecule has 0 bridgehead atoms. The van der Waals surface area contributed by atoms with Crippen molar-refractivity contribution in [3.63, 3.8) is 0 Å². The van der Waals surface area contributed by atoms with Crippen molar-refractivity contribution in [3.05, 3.63) is 64.2 Å². The fourth-order valence-electron chi connectivity index (χ4n) is 2.05. The zero-order chi connectivity index (χ0) is 14.7. The second kappa shape index (κ2) is 6.20. The molecular formula is C15H14ClF2NO. The van der Waals surface area contributed by atoms with Crippen LogP contribution in [0, 0.1) is 11.6 Å². The number of methoxy groups -OCH3 is 1. The lowest BCUT2D eigenvalue weighted by molar-refractivity contribution is 0.403. The van der Waals surface area contributed by atoms with Crippen LogP contribution in [0.1, 0.15) is 17.2 Å². The number of hydrogen-bond acceptors (Lipinski definition) is 2. The van der Waals surface area contributed by atoms with Gasteiger partial charge in [-0.3, -0.25) is 0 Å². The van der Waals surface area contributed by atoms with E-state index in [1.165, 1.54) is 7.11 Å². The summed E-state index contributed by atoms with van der Waals surface area (Å²) in [7, 11) is 1.35. The van der Waals surface area contributed by atoms with Gasteiger partial charge >= 0.3 is 0 Å². The molecular weight excluding hydrogens is 284 g/mol. The number of nitrogens with two attached hydrogens (primary N) is 1. The molecule has 0 aromatic heterocycles. The molecule has 0 saturated carbocycles. The van der Waals surface area contributed by atoms with Crippen LogP contribution < -0.4 is 10.5 Å². The van der Waals surface area contributed by atoms with Gasteiger partial charge in [-0.2, -0.15) is 0 Å². The molecule has 1 atom stereocenters. The Kier molecular flexibility index (Phi) is 4.57. The smallest absolute Gasteiger partial charge is 0.134 e. The Morgan fingerprint density at radius 2 is 1.85 bits per heavy atom. The molecule has 0 fully saturated rings. The molecule has 106 valence electrons. The first-order valence-corrected chi connectivity index (χ1v) is 6.42. The van der Waals surface area contributed by atoms with E-state index in [1.54, 1.807) is 18.2 Å². The Balaban J connectivity index is 2.27. The summed E-state index contributed by atoms with van der Waals surface area (Å²) >= 11 is 5.87. The Labute approximate surface area is 121 Å². The molecule has 0 saturated heterocycles. The van der Waals surface area contributed by atoms with Crippen LogP contribution in [0.15, 0.2) is 36.4 Å². The monoisotopic (exact) mass is 297 g/mol. The molecule has 20 heavy (non-hydrogen) atoms. The zero-order valence-electron chi connectivity index (χ0n) is 10.9. The Morgan fingerprint density at radius 3 is 2.40 bits per heavy atom. The Morgan fingerprint density at radius 1 is 1.20 bits per heavy atom. The minimum absolute atomic E-state index is 0.124. The van der Waals surface area contributed by atoms with E-state index in [-0.39, 0.29) is 11.3 Å². The van der Waals surface area contributed by atoms with Crippen LogP contribution >= 0.6 is 11.6 Å². The summed E-state index contributed by atoms with van der Waals surface area (Å²) in [6, 6.07) is 8.48. The first-order valence-electron chi connectivity index (χ1n) is 6.04. The van der Waals surface area contributed by atoms with Crippen LogP contribution in [0.4, 0.5) is 8.78 Å². The topological polar surface area (TPSA) is 35.2 Å². The van der Waals surface area contributed by atoms with Gasteiger partial charge < -0.3 is 10.5 Å². The SMILES string of the molecule is COc1cc(F)c(C(N)Cc2cccc(Cl)c2)c(F)c1. The molecule has 2 rings (SSSR count). The highest BCUT2D eigenvalue weighted by Crippen LogP contribution is 2.27. The number of halogens is 3. The molecule has 5 heteroatoms. The predicted octanol–water partition coefficient (Wildman–Crippen LogP) is 3.87. The van der Waals surface area contributed by atoms with Crippen LogP contribution in [-0.2, 0) is 6.42 Å². The number of ether oxygens (including phenoxy) is 1. The molecule has 0 aliphatic carbocycles. The summed E-state index contributed by atoms with van der Waals surface area (Å²) in [5.41, 5.74) is 6.58. The van der Waals surface area contributed by atoms with E-state index in [4.69, 9.17) is 22.1 Å². The van der Waals surface area contributed by atoms with Crippen molar-refractivity contribution in [3.8, 4) is 5.75 Å². The highest BCUT2D eigenvalue weighted by molar-refractivity contribution is 6.30. The van der Waals surface area contributed by atoms with Gasteiger partial charge in [0.15, 0.2) is 0 Å².